The van der Waals surface area contributed by atoms with Gasteiger partial charge in [-0.1, -0.05) is 54.4 Å². The van der Waals surface area contributed by atoms with Crippen LogP contribution in [0.4, 0.5) is 4.79 Å². The minimum Gasteiger partial charge on any atom is -0.446 e. The maximum Gasteiger partial charge on any atom is 0.404 e. The number of aliphatic hydroxyl groups is 1. The van der Waals surface area contributed by atoms with Crippen molar-refractivity contribution in [2.75, 3.05) is 0 Å². The molecular formula is C21H39NO3. The molecule has 2 fully saturated rings. The molecule has 0 aromatic rings. The third-order valence-corrected chi connectivity index (χ3v) is 7.90. The van der Waals surface area contributed by atoms with E-state index in [1.807, 2.05) is 0 Å². The molecule has 2 aliphatic carbocycles. The fraction of sp³-hybridized carbons (Fsp3) is 0.952. The Morgan fingerprint density at radius 1 is 1.36 bits per heavy atom. The molecule has 3 N–H and O–H groups in total. The first kappa shape index (κ1) is 20.5. The summed E-state index contributed by atoms with van der Waals surface area (Å²) in [5, 5.41) is 11.0. The molecule has 0 saturated heterocycles. The van der Waals surface area contributed by atoms with Crippen LogP contribution < -0.4 is 5.73 Å². The number of primary amides is 1. The predicted octanol–water partition coefficient (Wildman–Crippen LogP) is 4.74. The molecule has 0 radical (unpaired) electrons. The molecule has 0 bridgehead atoms. The number of carbonyl (C=O) groups is 1. The highest BCUT2D eigenvalue weighted by molar-refractivity contribution is 5.64. The molecule has 2 rings (SSSR count). The first-order valence-electron chi connectivity index (χ1n) is 10.2. The van der Waals surface area contributed by atoms with Crippen LogP contribution in [0.25, 0.3) is 0 Å². The van der Waals surface area contributed by atoms with Gasteiger partial charge in [-0.25, -0.2) is 4.79 Å². The quantitative estimate of drug-likeness (QED) is 0.750. The van der Waals surface area contributed by atoms with Crippen molar-refractivity contribution in [3.8, 4) is 0 Å². The summed E-state index contributed by atoms with van der Waals surface area (Å²) in [5.41, 5.74) is 5.38. The number of aliphatic hydroxyl groups excluding tert-OH is 1. The lowest BCUT2D eigenvalue weighted by molar-refractivity contribution is -0.193. The van der Waals surface area contributed by atoms with Gasteiger partial charge in [-0.2, -0.15) is 0 Å². The second kappa shape index (κ2) is 7.46. The van der Waals surface area contributed by atoms with Gasteiger partial charge in [-0.05, 0) is 54.8 Å². The molecule has 146 valence electrons. The van der Waals surface area contributed by atoms with Crippen molar-refractivity contribution in [1.82, 2.24) is 0 Å². The number of amides is 1. The summed E-state index contributed by atoms with van der Waals surface area (Å²) in [6.07, 6.45) is 5.03. The zero-order chi connectivity index (χ0) is 19.0. The van der Waals surface area contributed by atoms with Gasteiger partial charge in [0, 0.05) is 5.41 Å². The summed E-state index contributed by atoms with van der Waals surface area (Å²) in [6.45, 7) is 13.6. The number of ether oxygens (including phenoxy) is 1. The van der Waals surface area contributed by atoms with Crippen molar-refractivity contribution < 1.29 is 14.6 Å². The summed E-state index contributed by atoms with van der Waals surface area (Å²) in [7, 11) is 0. The highest BCUT2D eigenvalue weighted by atomic mass is 16.6. The van der Waals surface area contributed by atoms with Gasteiger partial charge in [0.2, 0.25) is 0 Å². The van der Waals surface area contributed by atoms with Gasteiger partial charge in [0.1, 0.15) is 6.10 Å². The number of nitrogens with two attached hydrogens (primary N) is 1. The van der Waals surface area contributed by atoms with Crippen LogP contribution in [-0.2, 0) is 4.74 Å². The van der Waals surface area contributed by atoms with E-state index >= 15 is 0 Å². The number of fused-ring (bicyclic) bond motifs is 1. The molecule has 2 saturated carbocycles. The fourth-order valence-corrected chi connectivity index (χ4v) is 5.97. The van der Waals surface area contributed by atoms with Crippen molar-refractivity contribution in [2.45, 2.75) is 92.3 Å². The minimum atomic E-state index is -0.671. The minimum absolute atomic E-state index is 0.119. The molecule has 4 heteroatoms. The van der Waals surface area contributed by atoms with Crippen LogP contribution in [0.3, 0.4) is 0 Å². The van der Waals surface area contributed by atoms with Crippen molar-refractivity contribution in [3.05, 3.63) is 0 Å². The van der Waals surface area contributed by atoms with Crippen LogP contribution in [-0.4, -0.2) is 23.4 Å². The van der Waals surface area contributed by atoms with E-state index in [1.54, 1.807) is 0 Å². The second-order valence-corrected chi connectivity index (χ2v) is 9.73. The predicted molar refractivity (Wildman–Crippen MR) is 101 cm³/mol. The van der Waals surface area contributed by atoms with Crippen LogP contribution in [0.1, 0.15) is 80.1 Å². The van der Waals surface area contributed by atoms with E-state index in [-0.39, 0.29) is 29.0 Å². The van der Waals surface area contributed by atoms with Crippen LogP contribution in [0.15, 0.2) is 0 Å². The second-order valence-electron chi connectivity index (χ2n) is 9.73. The maximum absolute atomic E-state index is 11.4. The topological polar surface area (TPSA) is 72.5 Å². The van der Waals surface area contributed by atoms with E-state index in [0.29, 0.717) is 17.8 Å². The van der Waals surface area contributed by atoms with E-state index < -0.39 is 6.09 Å². The van der Waals surface area contributed by atoms with E-state index in [1.165, 1.54) is 6.42 Å². The van der Waals surface area contributed by atoms with Gasteiger partial charge in [-0.15, -0.1) is 0 Å². The summed E-state index contributed by atoms with van der Waals surface area (Å²) < 4.78 is 5.55. The molecule has 4 nitrogen and oxygen atoms in total. The van der Waals surface area contributed by atoms with Crippen molar-refractivity contribution in [2.24, 2.45) is 40.2 Å². The Labute approximate surface area is 153 Å². The Hall–Kier alpha value is -0.770. The Morgan fingerprint density at radius 2 is 2.00 bits per heavy atom. The van der Waals surface area contributed by atoms with Crippen molar-refractivity contribution >= 4 is 6.09 Å². The summed E-state index contributed by atoms with van der Waals surface area (Å²) >= 11 is 0. The molecule has 2 aliphatic rings. The smallest absolute Gasteiger partial charge is 0.404 e. The fourth-order valence-electron chi connectivity index (χ4n) is 5.97. The monoisotopic (exact) mass is 353 g/mol. The normalized spacial score (nSPS) is 41.6. The molecule has 25 heavy (non-hydrogen) atoms. The number of carbonyl (C=O) groups excluding carboxylic acids is 1. The van der Waals surface area contributed by atoms with Crippen LogP contribution in [0.2, 0.25) is 0 Å². The molecular weight excluding hydrogens is 314 g/mol. The van der Waals surface area contributed by atoms with Crippen molar-refractivity contribution in [3.63, 3.8) is 0 Å². The Morgan fingerprint density at radius 3 is 2.56 bits per heavy atom. The largest absolute Gasteiger partial charge is 0.446 e. The van der Waals surface area contributed by atoms with Crippen LogP contribution in [0.5, 0.6) is 0 Å². The summed E-state index contributed by atoms with van der Waals surface area (Å²) in [5.74, 6) is 1.59. The standard InChI is InChI=1S/C21H39NO3/c1-7-13(2)8-9-15-14(3)16(25-19(22)24)12-17-20(4,5)11-10-18(23)21(15,17)6/h13-18,23H,7-12H2,1-6H3,(H2,22,24)/t13-,14-,15+,16+,17+,18?,21-/m1/s1. The van der Waals surface area contributed by atoms with Gasteiger partial charge in [-0.3, -0.25) is 0 Å². The molecule has 1 amide bonds. The number of hydrogen-bond donors (Lipinski definition) is 2. The van der Waals surface area contributed by atoms with Crippen LogP contribution >= 0.6 is 0 Å². The summed E-state index contributed by atoms with van der Waals surface area (Å²) in [6, 6.07) is 0. The van der Waals surface area contributed by atoms with E-state index in [2.05, 4.69) is 41.5 Å². The molecule has 0 aromatic carbocycles. The van der Waals surface area contributed by atoms with Crippen LogP contribution in [0, 0.1) is 34.5 Å². The Balaban J connectivity index is 2.36. The average molecular weight is 354 g/mol. The average Bonchev–Trinajstić information content (AvgIpc) is 2.52. The highest BCUT2D eigenvalue weighted by Crippen LogP contribution is 2.62. The maximum atomic E-state index is 11.4. The Bertz CT molecular complexity index is 478. The zero-order valence-corrected chi connectivity index (χ0v) is 17.0. The van der Waals surface area contributed by atoms with E-state index in [0.717, 1.165) is 32.1 Å². The first-order chi connectivity index (χ1) is 11.5. The van der Waals surface area contributed by atoms with Gasteiger partial charge in [0.25, 0.3) is 0 Å². The first-order valence-corrected chi connectivity index (χ1v) is 10.2. The Kier molecular flexibility index (Phi) is 6.13. The van der Waals surface area contributed by atoms with Gasteiger partial charge < -0.3 is 15.6 Å². The zero-order valence-electron chi connectivity index (χ0n) is 17.0. The molecule has 0 spiro atoms. The van der Waals surface area contributed by atoms with Crippen molar-refractivity contribution in [1.29, 1.82) is 0 Å². The molecule has 0 aromatic heterocycles. The molecule has 0 heterocycles. The van der Waals surface area contributed by atoms with E-state index in [9.17, 15) is 9.90 Å². The third kappa shape index (κ3) is 3.84. The van der Waals surface area contributed by atoms with Gasteiger partial charge in [0.05, 0.1) is 6.10 Å². The van der Waals surface area contributed by atoms with Gasteiger partial charge in [0.15, 0.2) is 0 Å². The number of hydrogen-bond acceptors (Lipinski definition) is 3. The van der Waals surface area contributed by atoms with Gasteiger partial charge >= 0.3 is 6.09 Å². The molecule has 7 atom stereocenters. The lowest BCUT2D eigenvalue weighted by Gasteiger charge is -2.62. The molecule has 0 aliphatic heterocycles. The summed E-state index contributed by atoms with van der Waals surface area (Å²) in [4.78, 5) is 11.4. The highest BCUT2D eigenvalue weighted by Gasteiger charge is 2.60. The lowest BCUT2D eigenvalue weighted by atomic mass is 9.44. The third-order valence-electron chi connectivity index (χ3n) is 7.90. The number of rotatable bonds is 5. The lowest BCUT2D eigenvalue weighted by Crippen LogP contribution is -2.61. The van der Waals surface area contributed by atoms with E-state index in [4.69, 9.17) is 10.5 Å². The molecule has 1 unspecified atom stereocenters. The SMILES string of the molecule is CC[C@@H](C)CC[C@H]1[C@@H](C)[C@@H](OC(N)=O)C[C@H]2C(C)(C)CCC(O)[C@]12C.